The highest BCUT2D eigenvalue weighted by molar-refractivity contribution is 7.91. The van der Waals surface area contributed by atoms with E-state index in [0.29, 0.717) is 60.6 Å². The number of carbonyl (C=O) groups excluding carboxylic acids is 1. The Morgan fingerprint density at radius 2 is 1.75 bits per heavy atom. The molecule has 14 heteroatoms. The Balaban J connectivity index is 1.31. The molecule has 1 unspecified atom stereocenters. The zero-order chi connectivity index (χ0) is 25.7. The number of para-hydroxylation sites is 1. The highest BCUT2D eigenvalue weighted by Gasteiger charge is 2.40. The first-order valence-electron chi connectivity index (χ1n) is 11.5. The summed E-state index contributed by atoms with van der Waals surface area (Å²) in [5.74, 6) is -0.177. The Morgan fingerprint density at radius 1 is 1.00 bits per heavy atom. The number of carbonyl (C=O) groups is 1. The molecule has 2 saturated heterocycles. The van der Waals surface area contributed by atoms with Crippen LogP contribution in [0.25, 0.3) is 10.2 Å². The number of thiophene rings is 1. The van der Waals surface area contributed by atoms with E-state index in [0.717, 1.165) is 22.5 Å². The maximum absolute atomic E-state index is 13.5. The van der Waals surface area contributed by atoms with Gasteiger partial charge in [-0.1, -0.05) is 35.4 Å². The van der Waals surface area contributed by atoms with Crippen molar-refractivity contribution < 1.29 is 21.6 Å². The molecule has 2 aliphatic rings. The Kier molecular flexibility index (Phi) is 7.07. The van der Waals surface area contributed by atoms with Crippen LogP contribution in [0.15, 0.2) is 39.4 Å². The van der Waals surface area contributed by atoms with E-state index in [-0.39, 0.29) is 15.0 Å². The van der Waals surface area contributed by atoms with Gasteiger partial charge in [-0.2, -0.15) is 4.31 Å². The van der Waals surface area contributed by atoms with Gasteiger partial charge in [0.15, 0.2) is 15.0 Å². The quantitative estimate of drug-likeness (QED) is 0.450. The number of amides is 1. The van der Waals surface area contributed by atoms with Crippen molar-refractivity contribution in [1.29, 1.82) is 0 Å². The summed E-state index contributed by atoms with van der Waals surface area (Å²) in [7, 11) is -7.21. The third kappa shape index (κ3) is 4.88. The summed E-state index contributed by atoms with van der Waals surface area (Å²) in [5, 5.41) is 0.713. The second kappa shape index (κ2) is 9.84. The molecule has 194 valence electrons. The van der Waals surface area contributed by atoms with Crippen molar-refractivity contribution in [3.8, 4) is 0 Å². The molecule has 1 atom stereocenters. The van der Waals surface area contributed by atoms with Crippen LogP contribution in [0.5, 0.6) is 0 Å². The predicted octanol–water partition coefficient (Wildman–Crippen LogP) is 3.31. The van der Waals surface area contributed by atoms with Crippen molar-refractivity contribution in [3.05, 3.63) is 34.7 Å². The fourth-order valence-corrected chi connectivity index (χ4v) is 9.87. The van der Waals surface area contributed by atoms with E-state index >= 15 is 0 Å². The molecule has 0 N–H and O–H groups in total. The van der Waals surface area contributed by atoms with Crippen LogP contribution in [0.2, 0.25) is 4.34 Å². The van der Waals surface area contributed by atoms with Crippen molar-refractivity contribution >= 4 is 75.4 Å². The Labute approximate surface area is 223 Å². The number of anilines is 1. The number of hydrogen-bond donors (Lipinski definition) is 0. The van der Waals surface area contributed by atoms with Gasteiger partial charge in [-0.3, -0.25) is 4.79 Å². The Bertz CT molecular complexity index is 1510. The molecule has 2 fully saturated rings. The first-order valence-corrected chi connectivity index (χ1v) is 16.8. The average Bonchev–Trinajstić information content (AvgIpc) is 3.49. The summed E-state index contributed by atoms with van der Waals surface area (Å²) in [6.07, 6.45) is 3.17. The van der Waals surface area contributed by atoms with Crippen LogP contribution in [0, 0.1) is 0 Å². The number of rotatable bonds is 5. The van der Waals surface area contributed by atoms with Gasteiger partial charge in [0, 0.05) is 39.0 Å². The average molecular weight is 589 g/mol. The van der Waals surface area contributed by atoms with Gasteiger partial charge in [0.05, 0.1) is 13.9 Å². The van der Waals surface area contributed by atoms with E-state index in [2.05, 4.69) is 4.98 Å². The number of piperazine rings is 1. The van der Waals surface area contributed by atoms with E-state index in [9.17, 15) is 21.6 Å². The molecule has 4 heterocycles. The van der Waals surface area contributed by atoms with Crippen molar-refractivity contribution in [3.63, 3.8) is 0 Å². The second-order valence-electron chi connectivity index (χ2n) is 8.87. The highest BCUT2D eigenvalue weighted by atomic mass is 35.5. The van der Waals surface area contributed by atoms with E-state index in [4.69, 9.17) is 11.6 Å². The number of aromatic nitrogens is 1. The molecule has 0 saturated carbocycles. The lowest BCUT2D eigenvalue weighted by atomic mass is 10.0. The lowest BCUT2D eigenvalue weighted by molar-refractivity contribution is -0.136. The van der Waals surface area contributed by atoms with Gasteiger partial charge in [0.2, 0.25) is 5.91 Å². The fourth-order valence-electron chi connectivity index (χ4n) is 4.67. The van der Waals surface area contributed by atoms with Crippen molar-refractivity contribution in [2.45, 2.75) is 34.4 Å². The van der Waals surface area contributed by atoms with Crippen molar-refractivity contribution in [2.75, 3.05) is 43.9 Å². The van der Waals surface area contributed by atoms with Crippen LogP contribution in [-0.2, 0) is 24.7 Å². The maximum Gasteiger partial charge on any atom is 0.253 e. The minimum atomic E-state index is -3.81. The van der Waals surface area contributed by atoms with Gasteiger partial charge in [-0.15, -0.1) is 11.3 Å². The van der Waals surface area contributed by atoms with Gasteiger partial charge >= 0.3 is 0 Å². The SMILES string of the molecule is CS(=O)(=O)c1cccc2sc(N3CCN(C(=O)C4CCCCN4S(=O)(=O)c4ccc(Cl)s4)CC3)nc12. The summed E-state index contributed by atoms with van der Waals surface area (Å²) >= 11 is 8.39. The maximum atomic E-state index is 13.5. The largest absolute Gasteiger partial charge is 0.345 e. The first kappa shape index (κ1) is 25.9. The number of piperidine rings is 1. The van der Waals surface area contributed by atoms with Gasteiger partial charge in [0.25, 0.3) is 10.0 Å². The van der Waals surface area contributed by atoms with Crippen LogP contribution >= 0.6 is 34.3 Å². The molecule has 2 aromatic heterocycles. The highest BCUT2D eigenvalue weighted by Crippen LogP contribution is 2.34. The molecule has 0 aliphatic carbocycles. The number of sulfone groups is 1. The van der Waals surface area contributed by atoms with Gasteiger partial charge in [-0.25, -0.2) is 21.8 Å². The summed E-state index contributed by atoms with van der Waals surface area (Å²) in [6, 6.07) is 7.45. The summed E-state index contributed by atoms with van der Waals surface area (Å²) < 4.78 is 53.5. The van der Waals surface area contributed by atoms with Gasteiger partial charge in [0.1, 0.15) is 15.8 Å². The molecular weight excluding hydrogens is 564 g/mol. The molecule has 0 radical (unpaired) electrons. The molecule has 2 aliphatic heterocycles. The van der Waals surface area contributed by atoms with E-state index in [1.807, 2.05) is 11.0 Å². The molecular formula is C22H25ClN4O5S4. The smallest absolute Gasteiger partial charge is 0.253 e. The van der Waals surface area contributed by atoms with Crippen LogP contribution in [0.4, 0.5) is 5.13 Å². The van der Waals surface area contributed by atoms with Gasteiger partial charge in [-0.05, 0) is 37.1 Å². The van der Waals surface area contributed by atoms with Crippen molar-refractivity contribution in [2.24, 2.45) is 0 Å². The molecule has 1 amide bonds. The topological polar surface area (TPSA) is 108 Å². The third-order valence-corrected chi connectivity index (χ3v) is 12.3. The fraction of sp³-hybridized carbons (Fsp3) is 0.455. The van der Waals surface area contributed by atoms with E-state index < -0.39 is 25.9 Å². The number of hydrogen-bond acceptors (Lipinski definition) is 9. The minimum Gasteiger partial charge on any atom is -0.345 e. The van der Waals surface area contributed by atoms with E-state index in [1.54, 1.807) is 23.1 Å². The second-order valence-corrected chi connectivity index (χ2v) is 15.7. The lowest BCUT2D eigenvalue weighted by Crippen LogP contribution is -2.57. The monoisotopic (exact) mass is 588 g/mol. The standard InChI is InChI=1S/C22H25ClN4O5S4/c1-35(29,30)17-7-4-6-16-20(17)24-22(33-16)26-13-11-25(12-14-26)21(28)15-5-2-3-10-27(15)36(31,32)19-9-8-18(23)34-19/h4,6-9,15H,2-3,5,10-14H2,1H3. The molecule has 0 spiro atoms. The number of halogens is 1. The van der Waals surface area contributed by atoms with Crippen LogP contribution in [0.1, 0.15) is 19.3 Å². The van der Waals surface area contributed by atoms with Gasteiger partial charge < -0.3 is 9.80 Å². The Morgan fingerprint density at radius 3 is 2.42 bits per heavy atom. The van der Waals surface area contributed by atoms with Crippen LogP contribution in [-0.4, -0.2) is 82.0 Å². The number of fused-ring (bicyclic) bond motifs is 1. The normalized spacial score (nSPS) is 20.2. The van der Waals surface area contributed by atoms with E-state index in [1.165, 1.54) is 28.0 Å². The zero-order valence-corrected chi connectivity index (χ0v) is 23.5. The molecule has 5 rings (SSSR count). The molecule has 1 aromatic carbocycles. The first-order chi connectivity index (χ1) is 17.1. The number of sulfonamides is 1. The van der Waals surface area contributed by atoms with Crippen LogP contribution < -0.4 is 4.90 Å². The molecule has 9 nitrogen and oxygen atoms in total. The number of thiazole rings is 1. The van der Waals surface area contributed by atoms with Crippen molar-refractivity contribution in [1.82, 2.24) is 14.2 Å². The predicted molar refractivity (Wildman–Crippen MR) is 142 cm³/mol. The summed E-state index contributed by atoms with van der Waals surface area (Å²) in [4.78, 5) is 22.1. The number of nitrogens with zero attached hydrogens (tertiary/aromatic N) is 4. The summed E-state index contributed by atoms with van der Waals surface area (Å²) in [6.45, 7) is 2.23. The molecule has 3 aromatic rings. The Hall–Kier alpha value is -1.77. The number of benzene rings is 1. The molecule has 36 heavy (non-hydrogen) atoms. The molecule has 0 bridgehead atoms. The summed E-state index contributed by atoms with van der Waals surface area (Å²) in [5.41, 5.74) is 0.468. The van der Waals surface area contributed by atoms with Crippen LogP contribution in [0.3, 0.4) is 0 Å². The minimum absolute atomic E-state index is 0.154. The zero-order valence-electron chi connectivity index (χ0n) is 19.5. The third-order valence-electron chi connectivity index (χ3n) is 6.48. The lowest BCUT2D eigenvalue weighted by Gasteiger charge is -2.40.